The van der Waals surface area contributed by atoms with Gasteiger partial charge in [0.15, 0.2) is 5.13 Å². The molecule has 0 saturated heterocycles. The third-order valence-electron chi connectivity index (χ3n) is 2.77. The van der Waals surface area contributed by atoms with E-state index in [1.807, 2.05) is 11.3 Å². The summed E-state index contributed by atoms with van der Waals surface area (Å²) in [5, 5.41) is 4.60. The van der Waals surface area contributed by atoms with Crippen LogP contribution in [0.4, 0.5) is 5.13 Å². The molecule has 1 N–H and O–H groups in total. The molecule has 98 valence electrons. The Morgan fingerprint density at radius 3 is 2.71 bits per heavy atom. The molecular weight excluding hydrogens is 230 g/mol. The molecule has 17 heavy (non-hydrogen) atoms. The molecule has 0 spiro atoms. The summed E-state index contributed by atoms with van der Waals surface area (Å²) >= 11 is 1.82. The van der Waals surface area contributed by atoms with Gasteiger partial charge in [0.05, 0.1) is 5.69 Å². The molecule has 1 aromatic heterocycles. The summed E-state index contributed by atoms with van der Waals surface area (Å²) in [7, 11) is 2.14. The van der Waals surface area contributed by atoms with Gasteiger partial charge in [-0.3, -0.25) is 0 Å². The van der Waals surface area contributed by atoms with Crippen molar-refractivity contribution in [2.45, 2.75) is 46.6 Å². The maximum atomic E-state index is 4.65. The highest BCUT2D eigenvalue weighted by atomic mass is 32.1. The van der Waals surface area contributed by atoms with Gasteiger partial charge in [-0.2, -0.15) is 0 Å². The lowest BCUT2D eigenvalue weighted by Gasteiger charge is -2.14. The van der Waals surface area contributed by atoms with Crippen LogP contribution < -0.4 is 10.2 Å². The molecule has 0 aliphatic heterocycles. The molecule has 0 fully saturated rings. The van der Waals surface area contributed by atoms with E-state index in [-0.39, 0.29) is 0 Å². The van der Waals surface area contributed by atoms with Crippen molar-refractivity contribution in [1.29, 1.82) is 0 Å². The lowest BCUT2D eigenvalue weighted by Crippen LogP contribution is -2.17. The summed E-state index contributed by atoms with van der Waals surface area (Å²) < 4.78 is 0. The highest BCUT2D eigenvalue weighted by Gasteiger charge is 2.10. The van der Waals surface area contributed by atoms with E-state index >= 15 is 0 Å². The molecule has 0 unspecified atom stereocenters. The number of nitrogens with zero attached hydrogens (tertiary/aromatic N) is 2. The smallest absolute Gasteiger partial charge is 0.185 e. The Kier molecular flexibility index (Phi) is 6.52. The first-order chi connectivity index (χ1) is 8.19. The van der Waals surface area contributed by atoms with Crippen LogP contribution in [0.3, 0.4) is 0 Å². The van der Waals surface area contributed by atoms with Crippen LogP contribution in [0.15, 0.2) is 0 Å². The van der Waals surface area contributed by atoms with Gasteiger partial charge in [-0.15, -0.1) is 11.3 Å². The normalized spacial score (nSPS) is 10.8. The molecule has 0 aliphatic rings. The van der Waals surface area contributed by atoms with Gasteiger partial charge in [-0.25, -0.2) is 4.98 Å². The standard InChI is InChI=1S/C13H25N3S/c1-5-7-9-16(4)13-15-11(3)12(17-13)10-14-8-6-2/h14H,5-10H2,1-4H3. The Morgan fingerprint density at radius 1 is 1.29 bits per heavy atom. The first-order valence-electron chi connectivity index (χ1n) is 6.57. The number of hydrogen-bond acceptors (Lipinski definition) is 4. The van der Waals surface area contributed by atoms with Crippen LogP contribution in [0.25, 0.3) is 0 Å². The molecule has 0 bridgehead atoms. The van der Waals surface area contributed by atoms with Crippen molar-refractivity contribution in [2.75, 3.05) is 25.0 Å². The summed E-state index contributed by atoms with van der Waals surface area (Å²) in [6.07, 6.45) is 3.65. The van der Waals surface area contributed by atoms with Gasteiger partial charge in [-0.05, 0) is 26.3 Å². The molecule has 4 heteroatoms. The lowest BCUT2D eigenvalue weighted by atomic mass is 10.3. The van der Waals surface area contributed by atoms with Crippen LogP contribution in [-0.4, -0.2) is 25.1 Å². The predicted molar refractivity (Wildman–Crippen MR) is 77.0 cm³/mol. The third-order valence-corrected chi connectivity index (χ3v) is 4.04. The molecule has 3 nitrogen and oxygen atoms in total. The Hall–Kier alpha value is -0.610. The van der Waals surface area contributed by atoms with Gasteiger partial charge in [0.25, 0.3) is 0 Å². The number of hydrogen-bond donors (Lipinski definition) is 1. The third kappa shape index (κ3) is 4.64. The van der Waals surface area contributed by atoms with Gasteiger partial charge in [0, 0.05) is 25.0 Å². The van der Waals surface area contributed by atoms with Crippen molar-refractivity contribution in [1.82, 2.24) is 10.3 Å². The number of anilines is 1. The minimum Gasteiger partial charge on any atom is -0.351 e. The maximum absolute atomic E-state index is 4.65. The van der Waals surface area contributed by atoms with Crippen molar-refractivity contribution in [3.63, 3.8) is 0 Å². The molecule has 1 heterocycles. The summed E-state index contributed by atoms with van der Waals surface area (Å²) in [6.45, 7) is 9.66. The zero-order valence-corrected chi connectivity index (χ0v) is 12.4. The Bertz CT molecular complexity index is 322. The largest absolute Gasteiger partial charge is 0.351 e. The molecule has 0 aliphatic carbocycles. The van der Waals surface area contributed by atoms with E-state index in [9.17, 15) is 0 Å². The maximum Gasteiger partial charge on any atom is 0.185 e. The number of unbranched alkanes of at least 4 members (excludes halogenated alkanes) is 1. The second kappa shape index (κ2) is 7.67. The average molecular weight is 255 g/mol. The molecule has 0 aromatic carbocycles. The Balaban J connectivity index is 2.54. The fourth-order valence-electron chi connectivity index (χ4n) is 1.61. The van der Waals surface area contributed by atoms with E-state index in [4.69, 9.17) is 0 Å². The molecular formula is C13H25N3S. The van der Waals surface area contributed by atoms with Crippen molar-refractivity contribution in [2.24, 2.45) is 0 Å². The number of thiazole rings is 1. The van der Waals surface area contributed by atoms with Gasteiger partial charge >= 0.3 is 0 Å². The number of rotatable bonds is 8. The van der Waals surface area contributed by atoms with Crippen LogP contribution >= 0.6 is 11.3 Å². The highest BCUT2D eigenvalue weighted by Crippen LogP contribution is 2.25. The van der Waals surface area contributed by atoms with Crippen molar-refractivity contribution < 1.29 is 0 Å². The van der Waals surface area contributed by atoms with E-state index in [1.165, 1.54) is 29.8 Å². The number of aryl methyl sites for hydroxylation is 1. The quantitative estimate of drug-likeness (QED) is 0.723. The summed E-state index contributed by atoms with van der Waals surface area (Å²) in [4.78, 5) is 8.29. The SMILES string of the molecule is CCCCN(C)c1nc(C)c(CNCCC)s1. The van der Waals surface area contributed by atoms with Crippen LogP contribution in [0.5, 0.6) is 0 Å². The van der Waals surface area contributed by atoms with E-state index in [0.29, 0.717) is 0 Å². The molecule has 1 aromatic rings. The Labute approximate surface area is 109 Å². The average Bonchev–Trinajstić information content (AvgIpc) is 2.68. The highest BCUT2D eigenvalue weighted by molar-refractivity contribution is 7.15. The molecule has 1 rings (SSSR count). The minimum atomic E-state index is 0.957. The summed E-state index contributed by atoms with van der Waals surface area (Å²) in [5.74, 6) is 0. The van der Waals surface area contributed by atoms with E-state index in [2.05, 4.69) is 43.0 Å². The summed E-state index contributed by atoms with van der Waals surface area (Å²) in [5.41, 5.74) is 1.18. The molecule has 0 amide bonds. The van der Waals surface area contributed by atoms with Crippen LogP contribution in [0.1, 0.15) is 43.7 Å². The van der Waals surface area contributed by atoms with Crippen molar-refractivity contribution in [3.05, 3.63) is 10.6 Å². The van der Waals surface area contributed by atoms with Crippen molar-refractivity contribution in [3.8, 4) is 0 Å². The predicted octanol–water partition coefficient (Wildman–Crippen LogP) is 3.19. The monoisotopic (exact) mass is 255 g/mol. The Morgan fingerprint density at radius 2 is 2.06 bits per heavy atom. The van der Waals surface area contributed by atoms with Crippen molar-refractivity contribution >= 4 is 16.5 Å². The topological polar surface area (TPSA) is 28.2 Å². The molecule has 0 radical (unpaired) electrons. The first-order valence-corrected chi connectivity index (χ1v) is 7.38. The second-order valence-corrected chi connectivity index (χ2v) is 5.52. The van der Waals surface area contributed by atoms with Gasteiger partial charge in [-0.1, -0.05) is 20.3 Å². The van der Waals surface area contributed by atoms with Crippen LogP contribution in [0, 0.1) is 6.92 Å². The second-order valence-electron chi connectivity index (χ2n) is 4.46. The molecule has 0 atom stereocenters. The van der Waals surface area contributed by atoms with Crippen LogP contribution in [0.2, 0.25) is 0 Å². The van der Waals surface area contributed by atoms with Gasteiger partial charge in [0.2, 0.25) is 0 Å². The van der Waals surface area contributed by atoms with E-state index < -0.39 is 0 Å². The van der Waals surface area contributed by atoms with Gasteiger partial charge in [0.1, 0.15) is 0 Å². The number of nitrogens with one attached hydrogen (secondary N) is 1. The van der Waals surface area contributed by atoms with Gasteiger partial charge < -0.3 is 10.2 Å². The lowest BCUT2D eigenvalue weighted by molar-refractivity contribution is 0.678. The fourth-order valence-corrected chi connectivity index (χ4v) is 2.63. The zero-order chi connectivity index (χ0) is 12.7. The number of aromatic nitrogens is 1. The fraction of sp³-hybridized carbons (Fsp3) is 0.769. The summed E-state index contributed by atoms with van der Waals surface area (Å²) in [6, 6.07) is 0. The zero-order valence-electron chi connectivity index (χ0n) is 11.5. The van der Waals surface area contributed by atoms with Crippen LogP contribution in [-0.2, 0) is 6.54 Å². The first kappa shape index (κ1) is 14.5. The minimum absolute atomic E-state index is 0.957. The van der Waals surface area contributed by atoms with E-state index in [0.717, 1.165) is 24.8 Å². The van der Waals surface area contributed by atoms with E-state index in [1.54, 1.807) is 0 Å². The molecule has 0 saturated carbocycles.